The highest BCUT2D eigenvalue weighted by molar-refractivity contribution is 5.85. The topological polar surface area (TPSA) is 101 Å². The van der Waals surface area contributed by atoms with E-state index in [0.717, 1.165) is 0 Å². The minimum absolute atomic E-state index is 0.0297. The van der Waals surface area contributed by atoms with Gasteiger partial charge in [-0.1, -0.05) is 6.07 Å². The van der Waals surface area contributed by atoms with Crippen LogP contribution in [0.25, 0.3) is 11.0 Å². The van der Waals surface area contributed by atoms with Crippen LogP contribution in [0.15, 0.2) is 18.2 Å². The Balaban J connectivity index is 2.71. The molecule has 2 aromatic rings. The Kier molecular flexibility index (Phi) is 1.96. The van der Waals surface area contributed by atoms with Gasteiger partial charge in [0.05, 0.1) is 5.52 Å². The number of carboxylic acid groups (broad SMARTS) is 1. The number of carboxylic acids is 1. The fraction of sp³-hybridized carbons (Fsp3) is 0.111. The number of phenols is 1. The summed E-state index contributed by atoms with van der Waals surface area (Å²) in [6.07, 6.45) is 0. The van der Waals surface area contributed by atoms with Crippen molar-refractivity contribution in [3.05, 3.63) is 18.2 Å². The van der Waals surface area contributed by atoms with Gasteiger partial charge in [-0.15, -0.1) is 0 Å². The van der Waals surface area contributed by atoms with E-state index in [-0.39, 0.29) is 18.2 Å². The third-order valence-electron chi connectivity index (χ3n) is 2.07. The van der Waals surface area contributed by atoms with Gasteiger partial charge in [0.15, 0.2) is 0 Å². The number of aliphatic carboxylic acids is 1. The largest absolute Gasteiger partial charge is 0.506 e. The lowest BCUT2D eigenvalue weighted by Crippen LogP contribution is -2.11. The van der Waals surface area contributed by atoms with E-state index in [1.165, 1.54) is 10.6 Å². The Labute approximate surface area is 84.6 Å². The molecule has 0 aliphatic heterocycles. The van der Waals surface area contributed by atoms with Crippen LogP contribution in [0.4, 0.5) is 5.95 Å². The van der Waals surface area contributed by atoms with Gasteiger partial charge in [-0.3, -0.25) is 9.36 Å². The highest BCUT2D eigenvalue weighted by atomic mass is 16.4. The highest BCUT2D eigenvalue weighted by Gasteiger charge is 2.13. The molecule has 4 N–H and O–H groups in total. The molecule has 0 amide bonds. The third-order valence-corrected chi connectivity index (χ3v) is 2.07. The lowest BCUT2D eigenvalue weighted by molar-refractivity contribution is -0.137. The molecule has 15 heavy (non-hydrogen) atoms. The number of carbonyl (C=O) groups is 1. The van der Waals surface area contributed by atoms with Crippen molar-refractivity contribution >= 4 is 23.0 Å². The van der Waals surface area contributed by atoms with E-state index in [9.17, 15) is 9.90 Å². The van der Waals surface area contributed by atoms with Crippen LogP contribution in [-0.4, -0.2) is 25.7 Å². The van der Waals surface area contributed by atoms with Gasteiger partial charge in [0.25, 0.3) is 0 Å². The van der Waals surface area contributed by atoms with Crippen molar-refractivity contribution in [3.8, 4) is 5.75 Å². The number of nitrogens with two attached hydrogens (primary N) is 1. The highest BCUT2D eigenvalue weighted by Crippen LogP contribution is 2.26. The van der Waals surface area contributed by atoms with Crippen LogP contribution < -0.4 is 5.73 Å². The summed E-state index contributed by atoms with van der Waals surface area (Å²) in [5.74, 6) is -0.990. The van der Waals surface area contributed by atoms with Crippen LogP contribution in [0.2, 0.25) is 0 Å². The van der Waals surface area contributed by atoms with Gasteiger partial charge in [-0.25, -0.2) is 4.98 Å². The molecule has 0 aliphatic carbocycles. The van der Waals surface area contributed by atoms with Crippen molar-refractivity contribution in [2.24, 2.45) is 0 Å². The zero-order valence-corrected chi connectivity index (χ0v) is 7.71. The van der Waals surface area contributed by atoms with Gasteiger partial charge in [0, 0.05) is 0 Å². The molecule has 0 aliphatic rings. The zero-order valence-electron chi connectivity index (χ0n) is 7.71. The molecule has 0 saturated carbocycles. The van der Waals surface area contributed by atoms with E-state index in [1.807, 2.05) is 0 Å². The van der Waals surface area contributed by atoms with Crippen molar-refractivity contribution in [3.63, 3.8) is 0 Å². The Hall–Kier alpha value is -2.24. The van der Waals surface area contributed by atoms with Crippen molar-refractivity contribution in [2.75, 3.05) is 5.73 Å². The van der Waals surface area contributed by atoms with Crippen LogP contribution in [-0.2, 0) is 11.3 Å². The predicted molar refractivity (Wildman–Crippen MR) is 53.4 cm³/mol. The zero-order chi connectivity index (χ0) is 11.0. The first-order valence-electron chi connectivity index (χ1n) is 4.25. The summed E-state index contributed by atoms with van der Waals surface area (Å²) in [6, 6.07) is 4.74. The molecule has 1 aromatic heterocycles. The summed E-state index contributed by atoms with van der Waals surface area (Å²) < 4.78 is 1.26. The van der Waals surface area contributed by atoms with Crippen LogP contribution in [0.1, 0.15) is 0 Å². The number of phenolic OH excluding ortho intramolecular Hbond substituents is 1. The standard InChI is InChI=1S/C9H9N3O3/c10-9-11-5-2-1-3-6(13)8(5)12(9)4-7(14)15/h1-3,13H,4H2,(H2,10,11)(H,14,15). The van der Waals surface area contributed by atoms with E-state index in [4.69, 9.17) is 10.8 Å². The number of aromatic nitrogens is 2. The normalized spacial score (nSPS) is 10.7. The van der Waals surface area contributed by atoms with Crippen molar-refractivity contribution in [2.45, 2.75) is 6.54 Å². The van der Waals surface area contributed by atoms with Gasteiger partial charge in [-0.05, 0) is 12.1 Å². The number of aromatic hydroxyl groups is 1. The number of hydrogen-bond acceptors (Lipinski definition) is 4. The van der Waals surface area contributed by atoms with E-state index in [2.05, 4.69) is 4.98 Å². The number of para-hydroxylation sites is 1. The molecule has 0 atom stereocenters. The number of imidazole rings is 1. The average molecular weight is 207 g/mol. The molecule has 0 spiro atoms. The lowest BCUT2D eigenvalue weighted by atomic mass is 10.3. The van der Waals surface area contributed by atoms with Crippen LogP contribution in [0.5, 0.6) is 5.75 Å². The molecule has 0 unspecified atom stereocenters. The summed E-state index contributed by atoms with van der Waals surface area (Å²) in [7, 11) is 0. The SMILES string of the molecule is Nc1nc2cccc(O)c2n1CC(=O)O. The molecule has 0 saturated heterocycles. The average Bonchev–Trinajstić information content (AvgIpc) is 2.43. The van der Waals surface area contributed by atoms with Crippen LogP contribution in [0.3, 0.4) is 0 Å². The van der Waals surface area contributed by atoms with E-state index in [0.29, 0.717) is 11.0 Å². The van der Waals surface area contributed by atoms with Gasteiger partial charge in [0.1, 0.15) is 17.8 Å². The molecule has 0 bridgehead atoms. The van der Waals surface area contributed by atoms with Gasteiger partial charge in [-0.2, -0.15) is 0 Å². The van der Waals surface area contributed by atoms with Crippen molar-refractivity contribution < 1.29 is 15.0 Å². The number of rotatable bonds is 2. The van der Waals surface area contributed by atoms with Crippen LogP contribution in [0, 0.1) is 0 Å². The number of benzene rings is 1. The Morgan fingerprint density at radius 2 is 2.27 bits per heavy atom. The molecule has 0 radical (unpaired) electrons. The Morgan fingerprint density at radius 1 is 1.53 bits per heavy atom. The maximum atomic E-state index is 10.6. The van der Waals surface area contributed by atoms with E-state index >= 15 is 0 Å². The second-order valence-corrected chi connectivity index (χ2v) is 3.09. The minimum Gasteiger partial charge on any atom is -0.506 e. The van der Waals surface area contributed by atoms with E-state index < -0.39 is 5.97 Å². The molecule has 0 fully saturated rings. The number of hydrogen-bond donors (Lipinski definition) is 3. The summed E-state index contributed by atoms with van der Waals surface area (Å²) in [4.78, 5) is 14.5. The fourth-order valence-electron chi connectivity index (χ4n) is 1.48. The minimum atomic E-state index is -1.04. The smallest absolute Gasteiger partial charge is 0.323 e. The lowest BCUT2D eigenvalue weighted by Gasteiger charge is -2.03. The molecule has 2 rings (SSSR count). The molecule has 1 heterocycles. The number of fused-ring (bicyclic) bond motifs is 1. The number of nitrogens with zero attached hydrogens (tertiary/aromatic N) is 2. The summed E-state index contributed by atoms with van der Waals surface area (Å²) in [5.41, 5.74) is 6.37. The van der Waals surface area contributed by atoms with Crippen LogP contribution >= 0.6 is 0 Å². The molecule has 6 nitrogen and oxygen atoms in total. The molecule has 6 heteroatoms. The maximum Gasteiger partial charge on any atom is 0.323 e. The first-order valence-corrected chi connectivity index (χ1v) is 4.25. The Bertz CT molecular complexity index is 533. The first kappa shape index (κ1) is 9.32. The monoisotopic (exact) mass is 207 g/mol. The summed E-state index contributed by atoms with van der Waals surface area (Å²) >= 11 is 0. The molecule has 1 aromatic carbocycles. The molecular weight excluding hydrogens is 198 g/mol. The van der Waals surface area contributed by atoms with Gasteiger partial charge >= 0.3 is 5.97 Å². The summed E-state index contributed by atoms with van der Waals surface area (Å²) in [5, 5.41) is 18.2. The predicted octanol–water partition coefficient (Wildman–Crippen LogP) is 0.409. The Morgan fingerprint density at radius 3 is 2.93 bits per heavy atom. The summed E-state index contributed by atoms with van der Waals surface area (Å²) in [6.45, 7) is -0.320. The second kappa shape index (κ2) is 3.16. The molecule has 78 valence electrons. The van der Waals surface area contributed by atoms with E-state index in [1.54, 1.807) is 12.1 Å². The third kappa shape index (κ3) is 1.45. The maximum absolute atomic E-state index is 10.6. The number of nitrogen functional groups attached to an aromatic ring is 1. The first-order chi connectivity index (χ1) is 7.09. The van der Waals surface area contributed by atoms with Crippen molar-refractivity contribution in [1.82, 2.24) is 9.55 Å². The molecular formula is C9H9N3O3. The number of anilines is 1. The quantitative estimate of drug-likeness (QED) is 0.662. The van der Waals surface area contributed by atoms with Crippen molar-refractivity contribution in [1.29, 1.82) is 0 Å². The van der Waals surface area contributed by atoms with Gasteiger partial charge in [0.2, 0.25) is 5.95 Å². The fourth-order valence-corrected chi connectivity index (χ4v) is 1.48. The second-order valence-electron chi connectivity index (χ2n) is 3.09. The van der Waals surface area contributed by atoms with Gasteiger partial charge < -0.3 is 15.9 Å².